The zero-order valence-corrected chi connectivity index (χ0v) is 33.2. The summed E-state index contributed by atoms with van der Waals surface area (Å²) in [5.41, 5.74) is -2.82. The van der Waals surface area contributed by atoms with Gasteiger partial charge in [-0.25, -0.2) is 42.1 Å². The molecular formula is C40H35Cl2F2N5O12. The molecule has 0 saturated carbocycles. The lowest BCUT2D eigenvalue weighted by atomic mass is 10.2. The van der Waals surface area contributed by atoms with Crippen LogP contribution >= 0.6 is 23.2 Å². The number of rotatable bonds is 12. The summed E-state index contributed by atoms with van der Waals surface area (Å²) in [6, 6.07) is 15.5. The molecule has 3 aromatic heterocycles. The second kappa shape index (κ2) is 19.7. The Labute approximate surface area is 353 Å². The van der Waals surface area contributed by atoms with E-state index in [-0.39, 0.29) is 63.5 Å². The van der Waals surface area contributed by atoms with Crippen molar-refractivity contribution in [2.75, 3.05) is 13.2 Å². The number of hydrogen-bond acceptors (Lipinski definition) is 11. The second-order valence-corrected chi connectivity index (χ2v) is 13.2. The maximum Gasteiger partial charge on any atom is 0.341 e. The maximum absolute atomic E-state index is 14.6. The molecule has 0 unspecified atom stereocenters. The van der Waals surface area contributed by atoms with Crippen molar-refractivity contribution in [1.82, 2.24) is 23.3 Å². The minimum absolute atomic E-state index is 0. The van der Waals surface area contributed by atoms with Gasteiger partial charge in [0.25, 0.3) is 17.0 Å². The highest BCUT2D eigenvalue weighted by Crippen LogP contribution is 2.38. The van der Waals surface area contributed by atoms with E-state index in [1.807, 2.05) is 0 Å². The molecule has 0 spiro atoms. The van der Waals surface area contributed by atoms with Crippen LogP contribution < -0.4 is 41.4 Å². The summed E-state index contributed by atoms with van der Waals surface area (Å²) in [7, 11) is 2.90. The molecule has 61 heavy (non-hydrogen) atoms. The lowest BCUT2D eigenvalue weighted by Crippen LogP contribution is -2.38. The van der Waals surface area contributed by atoms with E-state index in [9.17, 15) is 37.5 Å². The Morgan fingerprint density at radius 2 is 1.07 bits per heavy atom. The number of carbonyl (C=O) groups is 2. The molecule has 0 aliphatic rings. The largest absolute Gasteiger partial charge is 0.479 e. The number of ether oxygens (including phenoxy) is 4. The van der Waals surface area contributed by atoms with Crippen LogP contribution in [0.5, 0.6) is 34.6 Å². The number of carboxylic acid groups (broad SMARTS) is 2. The molecule has 17 nitrogen and oxygen atoms in total. The lowest BCUT2D eigenvalue weighted by molar-refractivity contribution is -0.140. The molecule has 3 heterocycles. The van der Waals surface area contributed by atoms with Gasteiger partial charge in [-0.05, 0) is 50.2 Å². The molecule has 0 atom stereocenters. The number of pyridine rings is 1. The summed E-state index contributed by atoms with van der Waals surface area (Å²) >= 11 is 12.1. The van der Waals surface area contributed by atoms with Crippen LogP contribution in [0.25, 0.3) is 11.4 Å². The maximum atomic E-state index is 14.6. The number of carboxylic acids is 2. The van der Waals surface area contributed by atoms with Crippen molar-refractivity contribution >= 4 is 35.1 Å². The van der Waals surface area contributed by atoms with Crippen molar-refractivity contribution in [3.63, 3.8) is 0 Å². The van der Waals surface area contributed by atoms with Gasteiger partial charge in [-0.3, -0.25) is 9.59 Å². The van der Waals surface area contributed by atoms with Gasteiger partial charge >= 0.3 is 23.3 Å². The molecule has 3 aromatic carbocycles. The van der Waals surface area contributed by atoms with Crippen molar-refractivity contribution in [2.45, 2.75) is 21.3 Å². The molecule has 0 aliphatic carbocycles. The minimum Gasteiger partial charge on any atom is -0.479 e. The van der Waals surface area contributed by atoms with Crippen molar-refractivity contribution in [3.05, 3.63) is 154 Å². The normalized spacial score (nSPS) is 10.5. The average Bonchev–Trinajstić information content (AvgIpc) is 3.19. The Kier molecular flexibility index (Phi) is 15.0. The Morgan fingerprint density at radius 3 is 1.54 bits per heavy atom. The zero-order chi connectivity index (χ0) is 44.0. The van der Waals surface area contributed by atoms with E-state index in [0.717, 1.165) is 24.3 Å². The first-order valence-electron chi connectivity index (χ1n) is 17.0. The van der Waals surface area contributed by atoms with Crippen LogP contribution in [0.4, 0.5) is 8.78 Å². The molecule has 2 N–H and O–H groups in total. The second-order valence-electron chi connectivity index (χ2n) is 12.4. The predicted molar refractivity (Wildman–Crippen MR) is 218 cm³/mol. The smallest absolute Gasteiger partial charge is 0.341 e. The van der Waals surface area contributed by atoms with Crippen molar-refractivity contribution in [2.24, 2.45) is 14.1 Å². The highest BCUT2D eigenvalue weighted by molar-refractivity contribution is 6.32. The van der Waals surface area contributed by atoms with E-state index in [0.29, 0.717) is 20.5 Å². The molecule has 6 rings (SSSR count). The predicted octanol–water partition coefficient (Wildman–Crippen LogP) is 5.82. The van der Waals surface area contributed by atoms with E-state index in [1.54, 1.807) is 26.0 Å². The SMILES string of the molecule is C.Cc1cc(=O)n(-c2cc(Oc3ccccc3OCC(=O)O)c(Cl)cc2F)c(=O)n1C.Cc1cc(=O)n(-c2cc(Oc3cccnc3OCC(=O)O)c(Cl)cc2F)c(=O)n1C. The molecule has 0 amide bonds. The van der Waals surface area contributed by atoms with Gasteiger partial charge in [-0.2, -0.15) is 0 Å². The van der Waals surface area contributed by atoms with Crippen LogP contribution in [0.2, 0.25) is 10.0 Å². The van der Waals surface area contributed by atoms with E-state index < -0.39 is 59.3 Å². The molecular weight excluding hydrogens is 851 g/mol. The van der Waals surface area contributed by atoms with E-state index in [1.165, 1.54) is 65.8 Å². The number of nitrogens with zero attached hydrogens (tertiary/aromatic N) is 5. The van der Waals surface area contributed by atoms with E-state index >= 15 is 0 Å². The lowest BCUT2D eigenvalue weighted by Gasteiger charge is -2.15. The monoisotopic (exact) mass is 885 g/mol. The van der Waals surface area contributed by atoms with Crippen LogP contribution in [0.15, 0.2) is 98.2 Å². The molecule has 0 bridgehead atoms. The third kappa shape index (κ3) is 10.7. The highest BCUT2D eigenvalue weighted by Gasteiger charge is 2.20. The van der Waals surface area contributed by atoms with Crippen LogP contribution in [-0.4, -0.2) is 58.6 Å². The highest BCUT2D eigenvalue weighted by atomic mass is 35.5. The van der Waals surface area contributed by atoms with Crippen LogP contribution in [0.1, 0.15) is 18.8 Å². The van der Waals surface area contributed by atoms with Crippen molar-refractivity contribution in [1.29, 1.82) is 0 Å². The van der Waals surface area contributed by atoms with Gasteiger partial charge in [0.05, 0.1) is 21.4 Å². The fraction of sp³-hybridized carbons (Fsp3) is 0.175. The Hall–Kier alpha value is -7.25. The number of halogens is 4. The van der Waals surface area contributed by atoms with Crippen molar-refractivity contribution < 1.29 is 47.5 Å². The quantitative estimate of drug-likeness (QED) is 0.149. The average molecular weight is 887 g/mol. The van der Waals surface area contributed by atoms with Crippen molar-refractivity contribution in [3.8, 4) is 46.0 Å². The molecule has 0 radical (unpaired) electrons. The van der Waals surface area contributed by atoms with Gasteiger partial charge in [-0.1, -0.05) is 42.8 Å². The third-order valence-electron chi connectivity index (χ3n) is 8.31. The van der Waals surface area contributed by atoms with Gasteiger partial charge in [0.15, 0.2) is 30.5 Å². The summed E-state index contributed by atoms with van der Waals surface area (Å²) in [6.45, 7) is 1.89. The number of aliphatic carboxylic acids is 2. The summed E-state index contributed by atoms with van der Waals surface area (Å²) in [5.74, 6) is -4.27. The first-order valence-corrected chi connectivity index (χ1v) is 17.8. The van der Waals surface area contributed by atoms with Gasteiger partial charge in [0.1, 0.15) is 23.1 Å². The number of para-hydroxylation sites is 2. The molecule has 0 saturated heterocycles. The Bertz CT molecular complexity index is 2700. The summed E-state index contributed by atoms with van der Waals surface area (Å²) in [5, 5.41) is 17.3. The van der Waals surface area contributed by atoms with Gasteiger partial charge < -0.3 is 38.3 Å². The van der Waals surface area contributed by atoms with Crippen LogP contribution in [-0.2, 0) is 23.7 Å². The molecule has 320 valence electrons. The summed E-state index contributed by atoms with van der Waals surface area (Å²) < 4.78 is 54.4. The third-order valence-corrected chi connectivity index (χ3v) is 8.90. The number of aromatic nitrogens is 5. The first-order chi connectivity index (χ1) is 28.4. The Balaban J connectivity index is 0.000000264. The molecule has 6 aromatic rings. The first kappa shape index (κ1) is 46.4. The fourth-order valence-electron chi connectivity index (χ4n) is 5.17. The summed E-state index contributed by atoms with van der Waals surface area (Å²) in [6.07, 6.45) is 1.36. The van der Waals surface area contributed by atoms with Crippen LogP contribution in [0.3, 0.4) is 0 Å². The van der Waals surface area contributed by atoms with Crippen LogP contribution in [0, 0.1) is 25.5 Å². The minimum atomic E-state index is -1.22. The standard InChI is InChI=1S/C20H16ClFN2O6.C19H15ClFN3O6.CH4/c1-11-7-18(25)24(20(28)23(11)2)14-9-17(12(21)8-13(14)22)30-16-6-4-3-5-15(16)29-10-19(26)27;1-10-6-16(25)24(19(28)23(10)2)13-8-15(11(20)7-12(13)21)30-14-4-3-5-22-18(14)29-9-17(26)27;/h3-9H,10H2,1-2H3,(H,26,27);3-8H,9H2,1-2H3,(H,26,27);1H4. The number of hydrogen-bond donors (Lipinski definition) is 2. The number of benzene rings is 3. The molecule has 0 fully saturated rings. The van der Waals surface area contributed by atoms with E-state index in [4.69, 9.17) is 52.4 Å². The Morgan fingerprint density at radius 1 is 0.639 bits per heavy atom. The van der Waals surface area contributed by atoms with Gasteiger partial charge in [0, 0.05) is 55.9 Å². The topological polar surface area (TPSA) is 212 Å². The van der Waals surface area contributed by atoms with E-state index in [2.05, 4.69) is 4.98 Å². The molecule has 21 heteroatoms. The zero-order valence-electron chi connectivity index (χ0n) is 31.6. The molecule has 0 aliphatic heterocycles. The fourth-order valence-corrected chi connectivity index (χ4v) is 5.55. The summed E-state index contributed by atoms with van der Waals surface area (Å²) in [4.78, 5) is 75.1. The van der Waals surface area contributed by atoms with Gasteiger partial charge in [-0.15, -0.1) is 0 Å². The number of aryl methyl sites for hydroxylation is 2. The van der Waals surface area contributed by atoms with Gasteiger partial charge in [0.2, 0.25) is 0 Å².